The number of carbonyl (C=O) groups is 1. The molecule has 4 heteroatoms. The maximum absolute atomic E-state index is 11.5. The van der Waals surface area contributed by atoms with Gasteiger partial charge in [-0.3, -0.25) is 4.79 Å². The summed E-state index contributed by atoms with van der Waals surface area (Å²) in [6, 6.07) is 4.18. The predicted molar refractivity (Wildman–Crippen MR) is 77.7 cm³/mol. The molecular weight excluding hydrogens is 240 g/mol. The molecule has 4 nitrogen and oxygen atoms in total. The van der Waals surface area contributed by atoms with Crippen LogP contribution in [0.1, 0.15) is 23.1 Å². The standard InChI is InChI=1S/C15H24N2O2/c1-11-9-13(14(19-4)10-12(11)2)5-8-17-15(18)6-7-16-3/h9-10,16H,5-8H2,1-4H3,(H,17,18). The van der Waals surface area contributed by atoms with Gasteiger partial charge in [0, 0.05) is 19.5 Å². The zero-order valence-electron chi connectivity index (χ0n) is 12.3. The van der Waals surface area contributed by atoms with Crippen LogP contribution in [-0.4, -0.2) is 33.2 Å². The molecule has 1 aromatic carbocycles. The summed E-state index contributed by atoms with van der Waals surface area (Å²) in [4.78, 5) is 11.5. The second kappa shape index (κ2) is 7.79. The first-order valence-corrected chi connectivity index (χ1v) is 6.64. The van der Waals surface area contributed by atoms with Crippen molar-refractivity contribution < 1.29 is 9.53 Å². The van der Waals surface area contributed by atoms with Crippen LogP contribution in [0.5, 0.6) is 5.75 Å². The molecule has 1 aromatic rings. The lowest BCUT2D eigenvalue weighted by Crippen LogP contribution is -2.28. The van der Waals surface area contributed by atoms with E-state index in [1.807, 2.05) is 13.1 Å². The van der Waals surface area contributed by atoms with Crippen molar-refractivity contribution in [1.82, 2.24) is 10.6 Å². The molecule has 0 atom stereocenters. The summed E-state index contributed by atoms with van der Waals surface area (Å²) in [6.45, 7) is 5.51. The van der Waals surface area contributed by atoms with E-state index in [1.165, 1.54) is 11.1 Å². The van der Waals surface area contributed by atoms with E-state index in [-0.39, 0.29) is 5.91 Å². The Morgan fingerprint density at radius 3 is 2.53 bits per heavy atom. The van der Waals surface area contributed by atoms with E-state index < -0.39 is 0 Å². The zero-order chi connectivity index (χ0) is 14.3. The highest BCUT2D eigenvalue weighted by atomic mass is 16.5. The number of aryl methyl sites for hydroxylation is 2. The highest BCUT2D eigenvalue weighted by Gasteiger charge is 2.06. The van der Waals surface area contributed by atoms with Crippen LogP contribution in [0.25, 0.3) is 0 Å². The van der Waals surface area contributed by atoms with Crippen LogP contribution in [0, 0.1) is 13.8 Å². The molecule has 0 heterocycles. The molecular formula is C15H24N2O2. The van der Waals surface area contributed by atoms with Crippen molar-refractivity contribution in [2.45, 2.75) is 26.7 Å². The molecule has 0 saturated carbocycles. The second-order valence-corrected chi connectivity index (χ2v) is 4.70. The third-order valence-electron chi connectivity index (χ3n) is 3.22. The SMILES string of the molecule is CNCCC(=O)NCCc1cc(C)c(C)cc1OC. The molecule has 0 fully saturated rings. The average Bonchev–Trinajstić information content (AvgIpc) is 2.40. The minimum atomic E-state index is 0.0807. The smallest absolute Gasteiger partial charge is 0.221 e. The second-order valence-electron chi connectivity index (χ2n) is 4.70. The van der Waals surface area contributed by atoms with Crippen molar-refractivity contribution in [2.75, 3.05) is 27.2 Å². The Labute approximate surface area is 115 Å². The monoisotopic (exact) mass is 264 g/mol. The number of carbonyl (C=O) groups excluding carboxylic acids is 1. The van der Waals surface area contributed by atoms with E-state index in [0.717, 1.165) is 17.7 Å². The van der Waals surface area contributed by atoms with Gasteiger partial charge in [-0.15, -0.1) is 0 Å². The van der Waals surface area contributed by atoms with Gasteiger partial charge in [-0.1, -0.05) is 6.07 Å². The number of nitrogens with one attached hydrogen (secondary N) is 2. The Hall–Kier alpha value is -1.55. The molecule has 0 saturated heterocycles. The van der Waals surface area contributed by atoms with Crippen molar-refractivity contribution in [3.05, 3.63) is 28.8 Å². The molecule has 0 aliphatic heterocycles. The summed E-state index contributed by atoms with van der Waals surface area (Å²) in [5.74, 6) is 0.977. The fourth-order valence-corrected chi connectivity index (χ4v) is 1.90. The largest absolute Gasteiger partial charge is 0.496 e. The maximum Gasteiger partial charge on any atom is 0.221 e. The fourth-order valence-electron chi connectivity index (χ4n) is 1.90. The van der Waals surface area contributed by atoms with Gasteiger partial charge < -0.3 is 15.4 Å². The number of ether oxygens (including phenoxy) is 1. The van der Waals surface area contributed by atoms with Gasteiger partial charge in [0.15, 0.2) is 0 Å². The van der Waals surface area contributed by atoms with Crippen molar-refractivity contribution in [1.29, 1.82) is 0 Å². The third-order valence-corrected chi connectivity index (χ3v) is 3.22. The van der Waals surface area contributed by atoms with Crippen molar-refractivity contribution in [3.63, 3.8) is 0 Å². The lowest BCUT2D eigenvalue weighted by Gasteiger charge is -2.12. The summed E-state index contributed by atoms with van der Waals surface area (Å²) in [6.07, 6.45) is 1.30. The van der Waals surface area contributed by atoms with Crippen LogP contribution in [0.2, 0.25) is 0 Å². The molecule has 1 amide bonds. The van der Waals surface area contributed by atoms with Gasteiger partial charge in [-0.2, -0.15) is 0 Å². The Morgan fingerprint density at radius 1 is 1.21 bits per heavy atom. The fraction of sp³-hybridized carbons (Fsp3) is 0.533. The topological polar surface area (TPSA) is 50.4 Å². The minimum Gasteiger partial charge on any atom is -0.496 e. The minimum absolute atomic E-state index is 0.0807. The summed E-state index contributed by atoms with van der Waals surface area (Å²) >= 11 is 0. The van der Waals surface area contributed by atoms with Crippen molar-refractivity contribution >= 4 is 5.91 Å². The van der Waals surface area contributed by atoms with Crippen LogP contribution in [0.15, 0.2) is 12.1 Å². The Morgan fingerprint density at radius 2 is 1.89 bits per heavy atom. The Balaban J connectivity index is 2.53. The molecule has 0 aromatic heterocycles. The third kappa shape index (κ3) is 4.91. The van der Waals surface area contributed by atoms with Gasteiger partial charge in [0.2, 0.25) is 5.91 Å². The van der Waals surface area contributed by atoms with Crippen LogP contribution in [0.3, 0.4) is 0 Å². The molecule has 0 spiro atoms. The van der Waals surface area contributed by atoms with E-state index in [2.05, 4.69) is 30.5 Å². The molecule has 1 rings (SSSR count). The quantitative estimate of drug-likeness (QED) is 0.786. The predicted octanol–water partition coefficient (Wildman–Crippen LogP) is 1.58. The number of benzene rings is 1. The molecule has 0 radical (unpaired) electrons. The average molecular weight is 264 g/mol. The van der Waals surface area contributed by atoms with E-state index in [4.69, 9.17) is 4.74 Å². The number of methoxy groups -OCH3 is 1. The van der Waals surface area contributed by atoms with Gasteiger partial charge in [0.1, 0.15) is 5.75 Å². The molecule has 0 aliphatic rings. The molecule has 2 N–H and O–H groups in total. The molecule has 106 valence electrons. The van der Waals surface area contributed by atoms with Gasteiger partial charge in [-0.25, -0.2) is 0 Å². The van der Waals surface area contributed by atoms with Gasteiger partial charge in [0.25, 0.3) is 0 Å². The van der Waals surface area contributed by atoms with E-state index in [9.17, 15) is 4.79 Å². The highest BCUT2D eigenvalue weighted by Crippen LogP contribution is 2.23. The van der Waals surface area contributed by atoms with Gasteiger partial charge in [-0.05, 0) is 50.1 Å². The van der Waals surface area contributed by atoms with Crippen LogP contribution in [-0.2, 0) is 11.2 Å². The summed E-state index contributed by atoms with van der Waals surface area (Å²) in [5.41, 5.74) is 3.61. The summed E-state index contributed by atoms with van der Waals surface area (Å²) in [5, 5.41) is 5.87. The Kier molecular flexibility index (Phi) is 6.36. The number of rotatable bonds is 7. The van der Waals surface area contributed by atoms with Crippen LogP contribution >= 0.6 is 0 Å². The first-order chi connectivity index (χ1) is 9.08. The summed E-state index contributed by atoms with van der Waals surface area (Å²) < 4.78 is 5.38. The van der Waals surface area contributed by atoms with E-state index in [0.29, 0.717) is 19.5 Å². The number of hydrogen-bond donors (Lipinski definition) is 2. The number of hydrogen-bond acceptors (Lipinski definition) is 3. The van der Waals surface area contributed by atoms with E-state index in [1.54, 1.807) is 7.11 Å². The Bertz CT molecular complexity index is 430. The van der Waals surface area contributed by atoms with Gasteiger partial charge in [0.05, 0.1) is 7.11 Å². The molecule has 0 bridgehead atoms. The lowest BCUT2D eigenvalue weighted by molar-refractivity contribution is -0.120. The highest BCUT2D eigenvalue weighted by molar-refractivity contribution is 5.76. The van der Waals surface area contributed by atoms with Gasteiger partial charge >= 0.3 is 0 Å². The van der Waals surface area contributed by atoms with Crippen LogP contribution in [0.4, 0.5) is 0 Å². The van der Waals surface area contributed by atoms with Crippen molar-refractivity contribution in [3.8, 4) is 5.75 Å². The lowest BCUT2D eigenvalue weighted by atomic mass is 10.0. The first kappa shape index (κ1) is 15.5. The zero-order valence-corrected chi connectivity index (χ0v) is 12.3. The normalized spacial score (nSPS) is 10.3. The molecule has 0 unspecified atom stereocenters. The molecule has 19 heavy (non-hydrogen) atoms. The first-order valence-electron chi connectivity index (χ1n) is 6.64. The van der Waals surface area contributed by atoms with Crippen molar-refractivity contribution in [2.24, 2.45) is 0 Å². The maximum atomic E-state index is 11.5. The van der Waals surface area contributed by atoms with E-state index >= 15 is 0 Å². The summed E-state index contributed by atoms with van der Waals surface area (Å²) in [7, 11) is 3.52. The van der Waals surface area contributed by atoms with Crippen LogP contribution < -0.4 is 15.4 Å². The number of amides is 1. The molecule has 0 aliphatic carbocycles.